The average Bonchev–Trinajstić information content (AvgIpc) is 2.66. The van der Waals surface area contributed by atoms with E-state index in [1.165, 1.54) is 44.9 Å². The third-order valence-corrected chi connectivity index (χ3v) is 4.85. The second-order valence-electron chi connectivity index (χ2n) is 7.62. The highest BCUT2D eigenvalue weighted by atomic mass is 16.4. The molecule has 0 aromatic carbocycles. The van der Waals surface area contributed by atoms with Crippen molar-refractivity contribution >= 4 is 17.8 Å². The molecule has 0 atom stereocenters. The van der Waals surface area contributed by atoms with Gasteiger partial charge in [-0.1, -0.05) is 77.6 Å². The Balaban J connectivity index is 3.18. The summed E-state index contributed by atoms with van der Waals surface area (Å²) in [5.74, 6) is -0.965. The smallest absolute Gasteiger partial charge is 0.322 e. The van der Waals surface area contributed by atoms with Crippen molar-refractivity contribution in [2.45, 2.75) is 110 Å². The molecule has 0 unspecified atom stereocenters. The molecule has 0 aliphatic heterocycles. The van der Waals surface area contributed by atoms with Crippen LogP contribution in [0.4, 0.5) is 0 Å². The SMILES string of the molecule is CCCCNC(=O)CCCCCCCCCCCCCCC(=O)NCC(=O)O. The van der Waals surface area contributed by atoms with Crippen LogP contribution in [0.3, 0.4) is 0 Å². The maximum Gasteiger partial charge on any atom is 0.322 e. The molecule has 0 spiro atoms. The molecule has 0 radical (unpaired) electrons. The largest absolute Gasteiger partial charge is 0.480 e. The fraction of sp³-hybridized carbons (Fsp3) is 0.864. The molecule has 0 aliphatic rings. The van der Waals surface area contributed by atoms with Gasteiger partial charge in [-0.3, -0.25) is 14.4 Å². The van der Waals surface area contributed by atoms with Gasteiger partial charge in [0.15, 0.2) is 0 Å². The standard InChI is InChI=1S/C22H42N2O4/c1-2-3-18-23-20(25)16-14-12-10-8-6-4-5-7-9-11-13-15-17-21(26)24-19-22(27)28/h2-19H2,1H3,(H,23,25)(H,24,26)(H,27,28). The predicted molar refractivity (Wildman–Crippen MR) is 113 cm³/mol. The Kier molecular flexibility index (Phi) is 19.0. The number of carboxylic acid groups (broad SMARTS) is 1. The minimum Gasteiger partial charge on any atom is -0.480 e. The summed E-state index contributed by atoms with van der Waals surface area (Å²) in [7, 11) is 0. The molecule has 0 rings (SSSR count). The van der Waals surface area contributed by atoms with Crippen LogP contribution in [0.5, 0.6) is 0 Å². The number of aliphatic carboxylic acids is 1. The number of carbonyl (C=O) groups is 3. The molecule has 0 aromatic rings. The summed E-state index contributed by atoms with van der Waals surface area (Å²) in [4.78, 5) is 33.2. The van der Waals surface area contributed by atoms with Crippen molar-refractivity contribution in [1.29, 1.82) is 0 Å². The molecule has 0 heterocycles. The quantitative estimate of drug-likeness (QED) is 0.262. The van der Waals surface area contributed by atoms with Gasteiger partial charge in [-0.05, 0) is 19.3 Å². The van der Waals surface area contributed by atoms with E-state index in [4.69, 9.17) is 5.11 Å². The third-order valence-electron chi connectivity index (χ3n) is 4.85. The molecule has 0 bridgehead atoms. The monoisotopic (exact) mass is 398 g/mol. The normalized spacial score (nSPS) is 10.6. The van der Waals surface area contributed by atoms with E-state index in [1.54, 1.807) is 0 Å². The Morgan fingerprint density at radius 3 is 1.39 bits per heavy atom. The maximum atomic E-state index is 11.6. The summed E-state index contributed by atoms with van der Waals surface area (Å²) in [5.41, 5.74) is 0. The van der Waals surface area contributed by atoms with Crippen molar-refractivity contribution in [2.75, 3.05) is 13.1 Å². The Morgan fingerprint density at radius 1 is 0.607 bits per heavy atom. The Morgan fingerprint density at radius 2 is 1.00 bits per heavy atom. The highest BCUT2D eigenvalue weighted by Crippen LogP contribution is 2.13. The molecule has 28 heavy (non-hydrogen) atoms. The van der Waals surface area contributed by atoms with E-state index in [1.807, 2.05) is 0 Å². The summed E-state index contributed by atoms with van der Waals surface area (Å²) in [6.07, 6.45) is 17.3. The second-order valence-corrected chi connectivity index (χ2v) is 7.62. The van der Waals surface area contributed by atoms with Gasteiger partial charge in [-0.25, -0.2) is 0 Å². The molecular weight excluding hydrogens is 356 g/mol. The first kappa shape index (κ1) is 26.4. The lowest BCUT2D eigenvalue weighted by atomic mass is 10.0. The van der Waals surface area contributed by atoms with Crippen molar-refractivity contribution < 1.29 is 19.5 Å². The molecule has 6 heteroatoms. The number of carbonyl (C=O) groups excluding carboxylic acids is 2. The fourth-order valence-electron chi connectivity index (χ4n) is 3.09. The zero-order valence-corrected chi connectivity index (χ0v) is 17.9. The Labute approximate surface area is 171 Å². The third kappa shape index (κ3) is 20.7. The molecule has 6 nitrogen and oxygen atoms in total. The van der Waals surface area contributed by atoms with Crippen molar-refractivity contribution in [1.82, 2.24) is 10.6 Å². The second kappa shape index (κ2) is 20.2. The average molecular weight is 399 g/mol. The van der Waals surface area contributed by atoms with Crippen LogP contribution in [0.1, 0.15) is 110 Å². The highest BCUT2D eigenvalue weighted by molar-refractivity contribution is 5.80. The summed E-state index contributed by atoms with van der Waals surface area (Å²) in [6.45, 7) is 2.66. The molecule has 0 aliphatic carbocycles. The van der Waals surface area contributed by atoms with Crippen LogP contribution in [0, 0.1) is 0 Å². The van der Waals surface area contributed by atoms with E-state index in [9.17, 15) is 14.4 Å². The van der Waals surface area contributed by atoms with Crippen molar-refractivity contribution in [3.8, 4) is 0 Å². The van der Waals surface area contributed by atoms with Gasteiger partial charge in [-0.2, -0.15) is 0 Å². The number of hydrogen-bond donors (Lipinski definition) is 3. The first-order chi connectivity index (χ1) is 13.6. The van der Waals surface area contributed by atoms with Gasteiger partial charge >= 0.3 is 5.97 Å². The fourth-order valence-corrected chi connectivity index (χ4v) is 3.09. The predicted octanol–water partition coefficient (Wildman–Crippen LogP) is 4.56. The van der Waals surface area contributed by atoms with Gasteiger partial charge in [0.05, 0.1) is 0 Å². The van der Waals surface area contributed by atoms with Gasteiger partial charge in [0.1, 0.15) is 6.54 Å². The van der Waals surface area contributed by atoms with E-state index in [0.29, 0.717) is 12.8 Å². The molecule has 3 N–H and O–H groups in total. The molecular formula is C22H42N2O4. The van der Waals surface area contributed by atoms with Crippen LogP contribution in [0.15, 0.2) is 0 Å². The maximum absolute atomic E-state index is 11.6. The summed E-state index contributed by atoms with van der Waals surface area (Å²) in [5, 5.41) is 13.8. The topological polar surface area (TPSA) is 95.5 Å². The number of amides is 2. The molecule has 0 saturated heterocycles. The summed E-state index contributed by atoms with van der Waals surface area (Å²) in [6, 6.07) is 0. The van der Waals surface area contributed by atoms with E-state index in [-0.39, 0.29) is 18.4 Å². The minimum atomic E-state index is -1.00. The lowest BCUT2D eigenvalue weighted by Gasteiger charge is -2.05. The van der Waals surface area contributed by atoms with E-state index >= 15 is 0 Å². The lowest BCUT2D eigenvalue weighted by Crippen LogP contribution is -2.28. The first-order valence-electron chi connectivity index (χ1n) is 11.3. The van der Waals surface area contributed by atoms with Gasteiger partial charge in [0, 0.05) is 19.4 Å². The van der Waals surface area contributed by atoms with Crippen molar-refractivity contribution in [3.05, 3.63) is 0 Å². The van der Waals surface area contributed by atoms with Crippen LogP contribution >= 0.6 is 0 Å². The zero-order chi connectivity index (χ0) is 20.9. The lowest BCUT2D eigenvalue weighted by molar-refractivity contribution is -0.138. The number of unbranched alkanes of at least 4 members (excludes halogenated alkanes) is 12. The number of rotatable bonds is 20. The number of hydrogen-bond acceptors (Lipinski definition) is 3. The zero-order valence-electron chi connectivity index (χ0n) is 17.9. The van der Waals surface area contributed by atoms with Crippen LogP contribution in [0.25, 0.3) is 0 Å². The van der Waals surface area contributed by atoms with E-state index in [0.717, 1.165) is 51.5 Å². The minimum absolute atomic E-state index is 0.167. The van der Waals surface area contributed by atoms with E-state index < -0.39 is 5.97 Å². The molecule has 164 valence electrons. The van der Waals surface area contributed by atoms with Crippen molar-refractivity contribution in [2.24, 2.45) is 0 Å². The first-order valence-corrected chi connectivity index (χ1v) is 11.3. The van der Waals surface area contributed by atoms with Crippen molar-refractivity contribution in [3.63, 3.8) is 0 Å². The van der Waals surface area contributed by atoms with Gasteiger partial charge in [-0.15, -0.1) is 0 Å². The number of nitrogens with one attached hydrogen (secondary N) is 2. The summed E-state index contributed by atoms with van der Waals surface area (Å²) < 4.78 is 0. The molecule has 0 aromatic heterocycles. The Bertz CT molecular complexity index is 413. The van der Waals surface area contributed by atoms with E-state index in [2.05, 4.69) is 17.6 Å². The van der Waals surface area contributed by atoms with Crippen LogP contribution in [0.2, 0.25) is 0 Å². The van der Waals surface area contributed by atoms with Gasteiger partial charge < -0.3 is 15.7 Å². The van der Waals surface area contributed by atoms with Gasteiger partial charge in [0.2, 0.25) is 11.8 Å². The number of carboxylic acids is 1. The van der Waals surface area contributed by atoms with Crippen LogP contribution in [-0.4, -0.2) is 36.0 Å². The van der Waals surface area contributed by atoms with Gasteiger partial charge in [0.25, 0.3) is 0 Å². The van der Waals surface area contributed by atoms with Crippen LogP contribution in [-0.2, 0) is 14.4 Å². The molecule has 2 amide bonds. The van der Waals surface area contributed by atoms with Crippen LogP contribution < -0.4 is 10.6 Å². The Hall–Kier alpha value is -1.59. The molecule has 0 fully saturated rings. The highest BCUT2D eigenvalue weighted by Gasteiger charge is 2.03. The molecule has 0 saturated carbocycles. The summed E-state index contributed by atoms with van der Waals surface area (Å²) >= 11 is 0.